The second kappa shape index (κ2) is 19.8. The van der Waals surface area contributed by atoms with Gasteiger partial charge in [-0.2, -0.15) is 0 Å². The fraction of sp³-hybridized carbons (Fsp3) is 0.929. The molecule has 0 aromatic rings. The molecule has 0 bridgehead atoms. The van der Waals surface area contributed by atoms with Crippen LogP contribution in [0.25, 0.3) is 0 Å². The van der Waals surface area contributed by atoms with Crippen molar-refractivity contribution in [3.05, 3.63) is 0 Å². The highest BCUT2D eigenvalue weighted by molar-refractivity contribution is 5.70. The van der Waals surface area contributed by atoms with Crippen LogP contribution in [0.2, 0.25) is 0 Å². The van der Waals surface area contributed by atoms with Crippen LogP contribution in [0.1, 0.15) is 71.6 Å². The molecule has 2 aliphatic rings. The number of aliphatic hydroxyl groups is 7. The minimum atomic E-state index is -1.75. The zero-order valence-corrected chi connectivity index (χ0v) is 24.9. The Hall–Kier alpha value is -1.50. The molecule has 0 aromatic carbocycles. The summed E-state index contributed by atoms with van der Waals surface area (Å²) in [5.41, 5.74) is 0. The molecular formula is C28H50O15. The van der Waals surface area contributed by atoms with E-state index >= 15 is 0 Å². The fourth-order valence-electron chi connectivity index (χ4n) is 4.60. The zero-order valence-electron chi connectivity index (χ0n) is 24.9. The average Bonchev–Trinajstić information content (AvgIpc) is 2.99. The van der Waals surface area contributed by atoms with Gasteiger partial charge in [0.15, 0.2) is 18.7 Å². The molecule has 2 fully saturated rings. The van der Waals surface area contributed by atoms with Crippen molar-refractivity contribution in [1.82, 2.24) is 0 Å². The number of ether oxygens (including phenoxy) is 6. The monoisotopic (exact) mass is 626 g/mol. The van der Waals surface area contributed by atoms with Crippen molar-refractivity contribution >= 4 is 11.9 Å². The number of carbonyl (C=O) groups is 2. The van der Waals surface area contributed by atoms with Crippen molar-refractivity contribution in [3.63, 3.8) is 0 Å². The molecule has 43 heavy (non-hydrogen) atoms. The van der Waals surface area contributed by atoms with Crippen molar-refractivity contribution in [3.8, 4) is 0 Å². The number of unbranched alkanes of at least 4 members (excludes halogenated alkanes) is 5. The van der Waals surface area contributed by atoms with Gasteiger partial charge in [-0.25, -0.2) is 0 Å². The van der Waals surface area contributed by atoms with E-state index in [4.69, 9.17) is 28.4 Å². The Kier molecular flexibility index (Phi) is 17.3. The first-order valence-electron chi connectivity index (χ1n) is 15.1. The third-order valence-corrected chi connectivity index (χ3v) is 7.34. The lowest BCUT2D eigenvalue weighted by atomic mass is 9.98. The molecule has 15 nitrogen and oxygen atoms in total. The van der Waals surface area contributed by atoms with Gasteiger partial charge in [-0.1, -0.05) is 46.0 Å². The first-order chi connectivity index (χ1) is 20.5. The van der Waals surface area contributed by atoms with Gasteiger partial charge in [0.1, 0.15) is 55.4 Å². The highest BCUT2D eigenvalue weighted by atomic mass is 16.7. The number of aliphatic hydroxyl groups excluding tert-OH is 7. The van der Waals surface area contributed by atoms with Crippen LogP contribution in [-0.2, 0) is 38.0 Å². The van der Waals surface area contributed by atoms with E-state index < -0.39 is 92.7 Å². The summed E-state index contributed by atoms with van der Waals surface area (Å²) >= 11 is 0. The van der Waals surface area contributed by atoms with Gasteiger partial charge in [0.25, 0.3) is 0 Å². The lowest BCUT2D eigenvalue weighted by molar-refractivity contribution is -0.332. The molecule has 0 aliphatic carbocycles. The highest BCUT2D eigenvalue weighted by Crippen LogP contribution is 2.26. The van der Waals surface area contributed by atoms with Gasteiger partial charge in [-0.15, -0.1) is 0 Å². The van der Waals surface area contributed by atoms with Crippen molar-refractivity contribution < 1.29 is 73.8 Å². The molecule has 2 heterocycles. The fourth-order valence-corrected chi connectivity index (χ4v) is 4.60. The van der Waals surface area contributed by atoms with E-state index in [9.17, 15) is 45.3 Å². The van der Waals surface area contributed by atoms with E-state index in [2.05, 4.69) is 6.92 Å². The maximum Gasteiger partial charge on any atom is 0.306 e. The van der Waals surface area contributed by atoms with Crippen LogP contribution in [0.5, 0.6) is 0 Å². The summed E-state index contributed by atoms with van der Waals surface area (Å²) in [4.78, 5) is 24.5. The Labute approximate surface area is 251 Å². The SMILES string of the molecule is CCCCCCCC(=O)OC[C@H](CO[C@@H]1O[C@H](CO[C@H]2O[C@H](CO)[C@H](O)[C@H](O)[C@H]2O)[C@H](O)[C@H](O)[C@H]1O)OC(=O)CCCC. The minimum absolute atomic E-state index is 0.142. The van der Waals surface area contributed by atoms with Crippen LogP contribution in [0.3, 0.4) is 0 Å². The van der Waals surface area contributed by atoms with Gasteiger partial charge in [-0.3, -0.25) is 9.59 Å². The summed E-state index contributed by atoms with van der Waals surface area (Å²) in [6.45, 7) is 2.12. The number of carbonyl (C=O) groups excluding carboxylic acids is 2. The second-order valence-corrected chi connectivity index (χ2v) is 10.9. The quantitative estimate of drug-likeness (QED) is 0.0648. The number of rotatable bonds is 19. The van der Waals surface area contributed by atoms with E-state index in [0.29, 0.717) is 12.8 Å². The van der Waals surface area contributed by atoms with Crippen LogP contribution in [-0.4, -0.2) is 142 Å². The number of esters is 2. The van der Waals surface area contributed by atoms with Gasteiger partial charge in [-0.05, 0) is 12.8 Å². The van der Waals surface area contributed by atoms with Gasteiger partial charge >= 0.3 is 11.9 Å². The third kappa shape index (κ3) is 12.1. The number of hydrogen-bond acceptors (Lipinski definition) is 15. The Balaban J connectivity index is 1.96. The normalized spacial score (nSPS) is 33.6. The van der Waals surface area contributed by atoms with Crippen molar-refractivity contribution in [1.29, 1.82) is 0 Å². The topological polar surface area (TPSA) is 231 Å². The molecule has 2 aliphatic heterocycles. The van der Waals surface area contributed by atoms with Gasteiger partial charge in [0.05, 0.1) is 19.8 Å². The van der Waals surface area contributed by atoms with Crippen LogP contribution in [0.4, 0.5) is 0 Å². The maximum atomic E-state index is 12.3. The molecule has 11 atom stereocenters. The number of hydrogen-bond donors (Lipinski definition) is 7. The van der Waals surface area contributed by atoms with Crippen molar-refractivity contribution in [2.24, 2.45) is 0 Å². The van der Waals surface area contributed by atoms with E-state index in [1.165, 1.54) is 0 Å². The second-order valence-electron chi connectivity index (χ2n) is 10.9. The molecule has 0 amide bonds. The third-order valence-electron chi connectivity index (χ3n) is 7.34. The summed E-state index contributed by atoms with van der Waals surface area (Å²) in [6.07, 6.45) is -10.3. The standard InChI is InChI=1S/C28H50O15/c1-3-5-7-8-9-11-19(30)38-13-16(41-20(31)10-6-4-2)14-39-27-26(37)24(35)22(33)18(43-27)15-40-28-25(36)23(34)21(32)17(12-29)42-28/h16-18,21-29,32-37H,3-15H2,1-2H3/t16-,17-,18-,21+,22+,23+,24+,25-,26-,27-,28+/m1/s1. The highest BCUT2D eigenvalue weighted by Gasteiger charge is 2.47. The maximum absolute atomic E-state index is 12.3. The van der Waals surface area contributed by atoms with E-state index in [-0.39, 0.29) is 26.1 Å². The Morgan fingerprint density at radius 2 is 1.21 bits per heavy atom. The zero-order chi connectivity index (χ0) is 31.9. The molecule has 7 N–H and O–H groups in total. The largest absolute Gasteiger partial charge is 0.462 e. The van der Waals surface area contributed by atoms with Crippen LogP contribution >= 0.6 is 0 Å². The Morgan fingerprint density at radius 1 is 0.651 bits per heavy atom. The predicted molar refractivity (Wildman–Crippen MR) is 146 cm³/mol. The van der Waals surface area contributed by atoms with Crippen molar-refractivity contribution in [2.45, 2.75) is 139 Å². The molecule has 2 saturated heterocycles. The van der Waals surface area contributed by atoms with Gasteiger partial charge in [0.2, 0.25) is 0 Å². The first-order valence-corrected chi connectivity index (χ1v) is 15.1. The summed E-state index contributed by atoms with van der Waals surface area (Å²) in [5, 5.41) is 70.7. The van der Waals surface area contributed by atoms with E-state index in [1.807, 2.05) is 6.92 Å². The molecule has 0 unspecified atom stereocenters. The predicted octanol–water partition coefficient (Wildman–Crippen LogP) is -1.37. The summed E-state index contributed by atoms with van der Waals surface area (Å²) in [5.74, 6) is -0.985. The van der Waals surface area contributed by atoms with Crippen molar-refractivity contribution in [2.75, 3.05) is 26.4 Å². The van der Waals surface area contributed by atoms with E-state index in [0.717, 1.165) is 32.1 Å². The molecule has 0 saturated carbocycles. The summed E-state index contributed by atoms with van der Waals surface area (Å²) in [6, 6.07) is 0. The molecule has 0 radical (unpaired) electrons. The smallest absolute Gasteiger partial charge is 0.306 e. The molecule has 15 heteroatoms. The Bertz CT molecular complexity index is 798. The Morgan fingerprint density at radius 3 is 1.84 bits per heavy atom. The molecular weight excluding hydrogens is 576 g/mol. The van der Waals surface area contributed by atoms with Crippen LogP contribution in [0.15, 0.2) is 0 Å². The van der Waals surface area contributed by atoms with E-state index in [1.54, 1.807) is 0 Å². The minimum Gasteiger partial charge on any atom is -0.462 e. The molecule has 0 aromatic heterocycles. The first kappa shape index (κ1) is 37.7. The molecule has 2 rings (SSSR count). The van der Waals surface area contributed by atoms with Gasteiger partial charge in [0, 0.05) is 12.8 Å². The summed E-state index contributed by atoms with van der Waals surface area (Å²) in [7, 11) is 0. The van der Waals surface area contributed by atoms with Crippen LogP contribution in [0, 0.1) is 0 Å². The summed E-state index contributed by atoms with van der Waals surface area (Å²) < 4.78 is 32.6. The van der Waals surface area contributed by atoms with Crippen LogP contribution < -0.4 is 0 Å². The molecule has 252 valence electrons. The average molecular weight is 627 g/mol. The lowest BCUT2D eigenvalue weighted by Gasteiger charge is -2.42. The lowest BCUT2D eigenvalue weighted by Crippen LogP contribution is -2.61. The molecule has 0 spiro atoms. The van der Waals surface area contributed by atoms with Gasteiger partial charge < -0.3 is 64.2 Å².